The highest BCUT2D eigenvalue weighted by molar-refractivity contribution is 6.32. The zero-order valence-corrected chi connectivity index (χ0v) is 26.2. The quantitative estimate of drug-likeness (QED) is 0.286. The van der Waals surface area contributed by atoms with E-state index in [0.717, 1.165) is 13.1 Å². The van der Waals surface area contributed by atoms with Crippen molar-refractivity contribution >= 4 is 34.9 Å². The Balaban J connectivity index is 1.32. The Morgan fingerprint density at radius 1 is 1.09 bits per heavy atom. The van der Waals surface area contributed by atoms with Gasteiger partial charge in [0.15, 0.2) is 34.7 Å². The SMILES string of the molecule is CN(C)[C@@H]1C(=O)C(C(N)=O)C(=O)[C@@]2(O)C(=O)C3C(=O)c4c(O)ccc(-c5cccc(C(=O)NCCN6CCOCC6)c5)c4C[C@H]3C[C@@H]12. The highest BCUT2D eigenvalue weighted by atomic mass is 16.5. The molecule has 5 N–H and O–H groups in total. The maximum atomic E-state index is 14.1. The molecule has 0 spiro atoms. The number of carbonyl (C=O) groups excluding carboxylic acids is 6. The monoisotopic (exact) mass is 646 g/mol. The predicted molar refractivity (Wildman–Crippen MR) is 166 cm³/mol. The summed E-state index contributed by atoms with van der Waals surface area (Å²) >= 11 is 0. The molecule has 6 atom stereocenters. The van der Waals surface area contributed by atoms with Crippen LogP contribution in [0, 0.1) is 23.7 Å². The number of morpholine rings is 1. The zero-order chi connectivity index (χ0) is 33.8. The summed E-state index contributed by atoms with van der Waals surface area (Å²) in [6.45, 7) is 4.08. The lowest BCUT2D eigenvalue weighted by molar-refractivity contribution is -0.181. The zero-order valence-electron chi connectivity index (χ0n) is 26.2. The summed E-state index contributed by atoms with van der Waals surface area (Å²) in [6, 6.07) is 8.68. The largest absolute Gasteiger partial charge is 0.507 e. The van der Waals surface area contributed by atoms with Gasteiger partial charge in [0.25, 0.3) is 5.91 Å². The summed E-state index contributed by atoms with van der Waals surface area (Å²) in [5, 5.41) is 25.6. The van der Waals surface area contributed by atoms with Gasteiger partial charge in [0, 0.05) is 37.7 Å². The summed E-state index contributed by atoms with van der Waals surface area (Å²) in [6.07, 6.45) is 0.0656. The van der Waals surface area contributed by atoms with Crippen LogP contribution < -0.4 is 11.1 Å². The van der Waals surface area contributed by atoms with Crippen LogP contribution >= 0.6 is 0 Å². The van der Waals surface area contributed by atoms with Crippen molar-refractivity contribution in [2.24, 2.45) is 29.4 Å². The average molecular weight is 647 g/mol. The Bertz CT molecular complexity index is 1680. The molecule has 13 heteroatoms. The van der Waals surface area contributed by atoms with Gasteiger partial charge in [-0.2, -0.15) is 0 Å². The molecule has 3 aliphatic carbocycles. The van der Waals surface area contributed by atoms with Crippen molar-refractivity contribution in [2.45, 2.75) is 24.5 Å². The summed E-state index contributed by atoms with van der Waals surface area (Å²) < 4.78 is 5.36. The van der Waals surface area contributed by atoms with E-state index < -0.39 is 64.4 Å². The second kappa shape index (κ2) is 12.4. The van der Waals surface area contributed by atoms with E-state index in [4.69, 9.17) is 10.5 Å². The second-order valence-corrected chi connectivity index (χ2v) is 13.1. The lowest BCUT2D eigenvalue weighted by Crippen LogP contribution is -2.74. The van der Waals surface area contributed by atoms with Gasteiger partial charge in [-0.3, -0.25) is 38.6 Å². The maximum absolute atomic E-state index is 14.1. The van der Waals surface area contributed by atoms with Gasteiger partial charge in [-0.1, -0.05) is 18.2 Å². The number of aromatic hydroxyl groups is 1. The highest BCUT2D eigenvalue weighted by Crippen LogP contribution is 2.51. The van der Waals surface area contributed by atoms with Crippen molar-refractivity contribution < 1.29 is 43.7 Å². The average Bonchev–Trinajstić information content (AvgIpc) is 3.03. The molecular formula is C34H38N4O9. The van der Waals surface area contributed by atoms with E-state index in [0.29, 0.717) is 48.6 Å². The van der Waals surface area contributed by atoms with Gasteiger partial charge in [-0.25, -0.2) is 0 Å². The smallest absolute Gasteiger partial charge is 0.251 e. The van der Waals surface area contributed by atoms with Gasteiger partial charge in [0.2, 0.25) is 5.91 Å². The first kappa shape index (κ1) is 32.6. The number of nitrogens with two attached hydrogens (primary N) is 1. The standard InChI is InChI=1S/C34H38N4O9/c1-37(2)27-22-16-19-15-21-20(17-4-3-5-18(14-17)33(45)36-8-9-38-10-12-47-13-11-38)6-7-23(39)25(21)28(40)24(19)30(42)34(22,46)31(43)26(29(27)41)32(35)44/h3-7,14,19,22,24,26-27,39,46H,8-13,15-16H2,1-2H3,(H2,35,44)(H,36,45)/t19-,22-,24?,26?,27-,34-/m0/s1. The van der Waals surface area contributed by atoms with Crippen molar-refractivity contribution in [3.05, 3.63) is 53.1 Å². The lowest BCUT2D eigenvalue weighted by Gasteiger charge is -2.52. The van der Waals surface area contributed by atoms with E-state index in [1.54, 1.807) is 30.3 Å². The molecule has 47 heavy (non-hydrogen) atoms. The van der Waals surface area contributed by atoms with Gasteiger partial charge >= 0.3 is 0 Å². The molecule has 1 aliphatic heterocycles. The molecule has 0 radical (unpaired) electrons. The first-order valence-electron chi connectivity index (χ1n) is 15.7. The number of phenols is 1. The highest BCUT2D eigenvalue weighted by Gasteiger charge is 2.69. The second-order valence-electron chi connectivity index (χ2n) is 13.1. The van der Waals surface area contributed by atoms with Crippen LogP contribution in [0.15, 0.2) is 36.4 Å². The summed E-state index contributed by atoms with van der Waals surface area (Å²) in [5.74, 6) is -11.3. The number of nitrogens with one attached hydrogen (secondary N) is 1. The molecule has 2 unspecified atom stereocenters. The maximum Gasteiger partial charge on any atom is 0.251 e. The molecule has 2 aromatic rings. The molecule has 3 fully saturated rings. The number of ether oxygens (including phenoxy) is 1. The molecule has 6 rings (SSSR count). The Hall–Kier alpha value is -4.30. The van der Waals surface area contributed by atoms with Crippen LogP contribution in [0.5, 0.6) is 5.75 Å². The number of carbonyl (C=O) groups is 6. The third-order valence-electron chi connectivity index (χ3n) is 10.2. The summed E-state index contributed by atoms with van der Waals surface area (Å²) in [4.78, 5) is 83.8. The number of aliphatic hydroxyl groups is 1. The molecule has 13 nitrogen and oxygen atoms in total. The van der Waals surface area contributed by atoms with Gasteiger partial charge < -0.3 is 26.0 Å². The fourth-order valence-corrected chi connectivity index (χ4v) is 7.96. The minimum atomic E-state index is -2.78. The number of nitrogens with zero attached hydrogens (tertiary/aromatic N) is 2. The molecule has 2 aromatic carbocycles. The van der Waals surface area contributed by atoms with Gasteiger partial charge in [-0.15, -0.1) is 0 Å². The number of hydrogen-bond acceptors (Lipinski definition) is 11. The number of fused-ring (bicyclic) bond motifs is 3. The van der Waals surface area contributed by atoms with E-state index in [2.05, 4.69) is 10.2 Å². The van der Waals surface area contributed by atoms with E-state index in [-0.39, 0.29) is 30.1 Å². The van der Waals surface area contributed by atoms with Crippen molar-refractivity contribution in [1.82, 2.24) is 15.1 Å². The molecule has 248 valence electrons. The fourth-order valence-electron chi connectivity index (χ4n) is 7.96. The van der Waals surface area contributed by atoms with E-state index in [1.807, 2.05) is 0 Å². The van der Waals surface area contributed by atoms with Crippen molar-refractivity contribution in [3.63, 3.8) is 0 Å². The summed E-state index contributed by atoms with van der Waals surface area (Å²) in [5.41, 5.74) is 4.56. The van der Waals surface area contributed by atoms with Gasteiger partial charge in [0.1, 0.15) is 5.75 Å². The number of ketones is 4. The molecule has 2 amide bonds. The normalized spacial score (nSPS) is 29.2. The minimum absolute atomic E-state index is 0.0510. The van der Waals surface area contributed by atoms with Crippen molar-refractivity contribution in [3.8, 4) is 16.9 Å². The molecule has 1 heterocycles. The van der Waals surface area contributed by atoms with Crippen LogP contribution in [-0.4, -0.2) is 120 Å². The predicted octanol–water partition coefficient (Wildman–Crippen LogP) is -0.404. The van der Waals surface area contributed by atoms with Crippen LogP contribution in [0.25, 0.3) is 11.1 Å². The van der Waals surface area contributed by atoms with Gasteiger partial charge in [0.05, 0.1) is 30.7 Å². The third-order valence-corrected chi connectivity index (χ3v) is 10.2. The Labute approximate surface area is 271 Å². The third kappa shape index (κ3) is 5.36. The number of benzene rings is 2. The van der Waals surface area contributed by atoms with E-state index in [9.17, 15) is 39.0 Å². The van der Waals surface area contributed by atoms with Crippen LogP contribution in [0.4, 0.5) is 0 Å². The number of primary amides is 1. The number of rotatable bonds is 7. The molecule has 4 aliphatic rings. The van der Waals surface area contributed by atoms with Crippen LogP contribution in [-0.2, 0) is 30.3 Å². The molecule has 0 bridgehead atoms. The van der Waals surface area contributed by atoms with Crippen LogP contribution in [0.3, 0.4) is 0 Å². The number of likely N-dealkylation sites (N-methyl/N-ethyl adjacent to an activating group) is 1. The van der Waals surface area contributed by atoms with E-state index >= 15 is 0 Å². The Morgan fingerprint density at radius 3 is 2.49 bits per heavy atom. The fraction of sp³-hybridized carbons (Fsp3) is 0.471. The summed E-state index contributed by atoms with van der Waals surface area (Å²) in [7, 11) is 3.08. The van der Waals surface area contributed by atoms with Crippen LogP contribution in [0.2, 0.25) is 0 Å². The first-order chi connectivity index (χ1) is 22.4. The minimum Gasteiger partial charge on any atom is -0.507 e. The number of hydrogen-bond donors (Lipinski definition) is 4. The topological polar surface area (TPSA) is 197 Å². The Kier molecular flexibility index (Phi) is 8.60. The first-order valence-corrected chi connectivity index (χ1v) is 15.7. The lowest BCUT2D eigenvalue weighted by atomic mass is 9.52. The Morgan fingerprint density at radius 2 is 1.81 bits per heavy atom. The number of Topliss-reactive ketones (excluding diaryl/α,β-unsaturated/α-hetero) is 4. The number of phenolic OH excluding ortho intramolecular Hbond substituents is 1. The molecular weight excluding hydrogens is 608 g/mol. The molecule has 2 saturated carbocycles. The number of amides is 2. The van der Waals surface area contributed by atoms with Crippen molar-refractivity contribution in [1.29, 1.82) is 0 Å². The van der Waals surface area contributed by atoms with Crippen LogP contribution in [0.1, 0.15) is 32.7 Å². The van der Waals surface area contributed by atoms with Gasteiger partial charge in [-0.05, 0) is 67.7 Å². The van der Waals surface area contributed by atoms with E-state index in [1.165, 1.54) is 25.1 Å². The van der Waals surface area contributed by atoms with Crippen molar-refractivity contribution in [2.75, 3.05) is 53.5 Å². The molecule has 1 saturated heterocycles. The molecule has 0 aromatic heterocycles.